The van der Waals surface area contributed by atoms with E-state index in [2.05, 4.69) is 52.6 Å². The third-order valence-corrected chi connectivity index (χ3v) is 5.74. The van der Waals surface area contributed by atoms with E-state index in [0.717, 1.165) is 10.4 Å². The highest BCUT2D eigenvalue weighted by Gasteiger charge is 2.21. The number of hydrogen-bond donors (Lipinski definition) is 1. The summed E-state index contributed by atoms with van der Waals surface area (Å²) in [6.07, 6.45) is 8.54. The number of hydrogen-bond acceptors (Lipinski definition) is 2. The van der Waals surface area contributed by atoms with Gasteiger partial charge in [-0.1, -0.05) is 41.6 Å². The van der Waals surface area contributed by atoms with Gasteiger partial charge in [0.05, 0.1) is 0 Å². The number of rotatable bonds is 5. The summed E-state index contributed by atoms with van der Waals surface area (Å²) in [5, 5.41) is 3.55. The summed E-state index contributed by atoms with van der Waals surface area (Å²) in [5.74, 6) is 2.05. The molecular formula is C16H24BrNS. The largest absolute Gasteiger partial charge is 0.316 e. The number of benzene rings is 1. The Bertz CT molecular complexity index is 358. The molecule has 19 heavy (non-hydrogen) atoms. The van der Waals surface area contributed by atoms with Gasteiger partial charge in [-0.2, -0.15) is 0 Å². The van der Waals surface area contributed by atoms with Crippen LogP contribution in [0.5, 0.6) is 0 Å². The van der Waals surface area contributed by atoms with E-state index in [1.54, 1.807) is 0 Å². The average molecular weight is 342 g/mol. The molecule has 1 aliphatic carbocycles. The number of thioether (sulfide) groups is 1. The lowest BCUT2D eigenvalue weighted by Gasteiger charge is -2.25. The minimum Gasteiger partial charge on any atom is -0.316 e. The Morgan fingerprint density at radius 3 is 2.37 bits per heavy atom. The molecule has 2 rings (SSSR count). The summed E-state index contributed by atoms with van der Waals surface area (Å²) in [5.41, 5.74) is 0. The predicted molar refractivity (Wildman–Crippen MR) is 88.9 cm³/mol. The summed E-state index contributed by atoms with van der Waals surface area (Å²) in [6.45, 7) is 0. The first-order chi connectivity index (χ1) is 9.29. The molecule has 0 aliphatic heterocycles. The molecule has 1 aliphatic rings. The second-order valence-corrected chi connectivity index (χ2v) is 7.42. The molecule has 1 atom stereocenters. The molecule has 106 valence electrons. The first kappa shape index (κ1) is 15.4. The fraction of sp³-hybridized carbons (Fsp3) is 0.625. The summed E-state index contributed by atoms with van der Waals surface area (Å²) in [6, 6.07) is 9.32. The minimum atomic E-state index is 0.659. The average Bonchev–Trinajstić information content (AvgIpc) is 2.71. The van der Waals surface area contributed by atoms with Gasteiger partial charge in [-0.25, -0.2) is 0 Å². The van der Waals surface area contributed by atoms with Crippen molar-refractivity contribution < 1.29 is 0 Å². The molecule has 0 radical (unpaired) electrons. The van der Waals surface area contributed by atoms with E-state index in [-0.39, 0.29) is 0 Å². The van der Waals surface area contributed by atoms with Crippen LogP contribution in [-0.4, -0.2) is 18.8 Å². The topological polar surface area (TPSA) is 12.0 Å². The van der Waals surface area contributed by atoms with Gasteiger partial charge < -0.3 is 5.32 Å². The maximum Gasteiger partial charge on any atom is 0.0186 e. The molecule has 1 saturated carbocycles. The second kappa shape index (κ2) is 8.33. The molecule has 0 bridgehead atoms. The van der Waals surface area contributed by atoms with Crippen LogP contribution >= 0.6 is 27.7 Å². The molecule has 0 amide bonds. The van der Waals surface area contributed by atoms with Crippen LogP contribution in [0.15, 0.2) is 33.6 Å². The van der Waals surface area contributed by atoms with E-state index < -0.39 is 0 Å². The fourth-order valence-corrected chi connectivity index (χ4v) is 4.29. The Morgan fingerprint density at radius 2 is 1.79 bits per heavy atom. The monoisotopic (exact) mass is 341 g/mol. The number of halogens is 1. The van der Waals surface area contributed by atoms with E-state index in [1.807, 2.05) is 11.8 Å². The van der Waals surface area contributed by atoms with Gasteiger partial charge in [0.2, 0.25) is 0 Å². The maximum atomic E-state index is 3.55. The Morgan fingerprint density at radius 1 is 1.16 bits per heavy atom. The third-order valence-electron chi connectivity index (χ3n) is 4.08. The molecule has 1 unspecified atom stereocenters. The molecule has 0 aromatic heterocycles. The van der Waals surface area contributed by atoms with Gasteiger partial charge in [0.15, 0.2) is 0 Å². The van der Waals surface area contributed by atoms with Crippen molar-refractivity contribution >= 4 is 27.7 Å². The van der Waals surface area contributed by atoms with Crippen molar-refractivity contribution in [2.45, 2.75) is 49.5 Å². The first-order valence-corrected chi connectivity index (χ1v) is 9.13. The van der Waals surface area contributed by atoms with Gasteiger partial charge >= 0.3 is 0 Å². The molecule has 1 aromatic rings. The van der Waals surface area contributed by atoms with E-state index in [4.69, 9.17) is 0 Å². The fourth-order valence-electron chi connectivity index (χ4n) is 2.89. The quantitative estimate of drug-likeness (QED) is 0.590. The van der Waals surface area contributed by atoms with Gasteiger partial charge in [0, 0.05) is 21.2 Å². The van der Waals surface area contributed by atoms with Crippen LogP contribution in [0.3, 0.4) is 0 Å². The lowest BCUT2D eigenvalue weighted by atomic mass is 9.93. The lowest BCUT2D eigenvalue weighted by Crippen LogP contribution is -2.35. The Kier molecular flexibility index (Phi) is 6.75. The molecule has 1 fully saturated rings. The lowest BCUT2D eigenvalue weighted by molar-refractivity contribution is 0.359. The maximum absolute atomic E-state index is 3.55. The van der Waals surface area contributed by atoms with Crippen molar-refractivity contribution in [1.29, 1.82) is 0 Å². The van der Waals surface area contributed by atoms with Crippen LogP contribution in [0, 0.1) is 5.92 Å². The molecule has 0 spiro atoms. The van der Waals surface area contributed by atoms with Crippen LogP contribution in [-0.2, 0) is 0 Å². The van der Waals surface area contributed by atoms with Crippen LogP contribution in [0.25, 0.3) is 0 Å². The van der Waals surface area contributed by atoms with Gasteiger partial charge in [0.1, 0.15) is 0 Å². The zero-order chi connectivity index (χ0) is 13.5. The summed E-state index contributed by atoms with van der Waals surface area (Å²) in [7, 11) is 2.12. The minimum absolute atomic E-state index is 0.659. The standard InChI is InChI=1S/C16H24BrNS/c1-18-16(13-6-4-2-3-5-7-13)12-19-15-10-8-14(17)9-11-15/h8-11,13,16,18H,2-7,12H2,1H3. The van der Waals surface area contributed by atoms with E-state index in [9.17, 15) is 0 Å². The number of nitrogens with one attached hydrogen (secondary N) is 1. The van der Waals surface area contributed by atoms with Crippen molar-refractivity contribution in [3.8, 4) is 0 Å². The highest BCUT2D eigenvalue weighted by atomic mass is 79.9. The Balaban J connectivity index is 1.85. The normalized spacial score (nSPS) is 19.1. The smallest absolute Gasteiger partial charge is 0.0186 e. The van der Waals surface area contributed by atoms with Crippen molar-refractivity contribution in [3.05, 3.63) is 28.7 Å². The van der Waals surface area contributed by atoms with E-state index >= 15 is 0 Å². The summed E-state index contributed by atoms with van der Waals surface area (Å²) in [4.78, 5) is 1.37. The first-order valence-electron chi connectivity index (χ1n) is 7.35. The van der Waals surface area contributed by atoms with Crippen LogP contribution < -0.4 is 5.32 Å². The molecule has 0 saturated heterocycles. The van der Waals surface area contributed by atoms with Crippen LogP contribution in [0.4, 0.5) is 0 Å². The van der Waals surface area contributed by atoms with E-state index in [0.29, 0.717) is 6.04 Å². The summed E-state index contributed by atoms with van der Waals surface area (Å²) >= 11 is 5.47. The highest BCUT2D eigenvalue weighted by molar-refractivity contribution is 9.10. The van der Waals surface area contributed by atoms with Crippen LogP contribution in [0.1, 0.15) is 38.5 Å². The third kappa shape index (κ3) is 5.13. The van der Waals surface area contributed by atoms with Crippen molar-refractivity contribution in [1.82, 2.24) is 5.32 Å². The second-order valence-electron chi connectivity index (χ2n) is 5.41. The van der Waals surface area contributed by atoms with E-state index in [1.165, 1.54) is 49.2 Å². The predicted octanol–water partition coefficient (Wildman–Crippen LogP) is 5.10. The van der Waals surface area contributed by atoms with Crippen molar-refractivity contribution in [3.63, 3.8) is 0 Å². The molecular weight excluding hydrogens is 318 g/mol. The van der Waals surface area contributed by atoms with Gasteiger partial charge in [-0.05, 0) is 50.1 Å². The van der Waals surface area contributed by atoms with Crippen LogP contribution in [0.2, 0.25) is 0 Å². The molecule has 1 nitrogen and oxygen atoms in total. The Hall–Kier alpha value is 0.01000. The molecule has 1 aromatic carbocycles. The summed E-state index contributed by atoms with van der Waals surface area (Å²) < 4.78 is 1.16. The Labute approximate surface area is 130 Å². The molecule has 3 heteroatoms. The van der Waals surface area contributed by atoms with Gasteiger partial charge in [-0.3, -0.25) is 0 Å². The molecule has 0 heterocycles. The highest BCUT2D eigenvalue weighted by Crippen LogP contribution is 2.29. The zero-order valence-electron chi connectivity index (χ0n) is 11.7. The SMILES string of the molecule is CNC(CSc1ccc(Br)cc1)C1CCCCCC1. The van der Waals surface area contributed by atoms with Gasteiger partial charge in [-0.15, -0.1) is 11.8 Å². The van der Waals surface area contributed by atoms with Crippen molar-refractivity contribution in [2.75, 3.05) is 12.8 Å². The van der Waals surface area contributed by atoms with Gasteiger partial charge in [0.25, 0.3) is 0 Å². The zero-order valence-corrected chi connectivity index (χ0v) is 14.1. The molecule has 1 N–H and O–H groups in total. The van der Waals surface area contributed by atoms with Crippen molar-refractivity contribution in [2.24, 2.45) is 5.92 Å².